The van der Waals surface area contributed by atoms with Crippen LogP contribution in [0.15, 0.2) is 24.3 Å². The van der Waals surface area contributed by atoms with Crippen molar-refractivity contribution in [3.63, 3.8) is 0 Å². The van der Waals surface area contributed by atoms with E-state index in [4.69, 9.17) is 0 Å². The van der Waals surface area contributed by atoms with Gasteiger partial charge in [-0.1, -0.05) is 12.1 Å². The third-order valence-electron chi connectivity index (χ3n) is 8.16. The van der Waals surface area contributed by atoms with Gasteiger partial charge in [-0.15, -0.1) is 0 Å². The van der Waals surface area contributed by atoms with Crippen molar-refractivity contribution in [2.24, 2.45) is 23.2 Å². The second-order valence-corrected chi connectivity index (χ2v) is 10.5. The highest BCUT2D eigenvalue weighted by molar-refractivity contribution is 5.79. The predicted molar refractivity (Wildman–Crippen MR) is 113 cm³/mol. The lowest BCUT2D eigenvalue weighted by molar-refractivity contribution is -0.140. The van der Waals surface area contributed by atoms with Gasteiger partial charge in [0.2, 0.25) is 11.8 Å². The van der Waals surface area contributed by atoms with Crippen molar-refractivity contribution in [3.8, 4) is 0 Å². The molecule has 1 saturated heterocycles. The maximum absolute atomic E-state index is 13.2. The maximum atomic E-state index is 13.2. The van der Waals surface area contributed by atoms with E-state index < -0.39 is 0 Å². The normalized spacial score (nSPS) is 32.9. The van der Waals surface area contributed by atoms with Gasteiger partial charge in [-0.2, -0.15) is 0 Å². The molecule has 1 aromatic carbocycles. The Morgan fingerprint density at radius 2 is 1.37 bits per heavy atom. The van der Waals surface area contributed by atoms with Crippen molar-refractivity contribution in [2.75, 3.05) is 26.2 Å². The van der Waals surface area contributed by atoms with Crippen molar-refractivity contribution in [3.05, 3.63) is 35.6 Å². The molecule has 30 heavy (non-hydrogen) atoms. The van der Waals surface area contributed by atoms with Crippen LogP contribution in [0.1, 0.15) is 56.9 Å². The fourth-order valence-corrected chi connectivity index (χ4v) is 7.24. The molecule has 6 rings (SSSR count). The molecule has 4 aliphatic carbocycles. The number of carbonyl (C=O) groups is 2. The Labute approximate surface area is 178 Å². The quantitative estimate of drug-likeness (QED) is 0.749. The molecule has 0 aromatic heterocycles. The van der Waals surface area contributed by atoms with Crippen LogP contribution in [0.2, 0.25) is 0 Å². The molecule has 4 saturated carbocycles. The maximum Gasteiger partial charge on any atom is 0.227 e. The summed E-state index contributed by atoms with van der Waals surface area (Å²) in [5.74, 6) is 2.70. The Balaban J connectivity index is 1.16. The molecule has 162 valence electrons. The van der Waals surface area contributed by atoms with Gasteiger partial charge in [0.15, 0.2) is 0 Å². The number of halogens is 1. The lowest BCUT2D eigenvalue weighted by Crippen LogP contribution is -2.48. The predicted octanol–water partition coefficient (Wildman–Crippen LogP) is 4.04. The molecular weight excluding hydrogens is 379 g/mol. The average molecular weight is 413 g/mol. The highest BCUT2D eigenvalue weighted by atomic mass is 19.1. The summed E-state index contributed by atoms with van der Waals surface area (Å²) >= 11 is 0. The van der Waals surface area contributed by atoms with E-state index in [1.54, 1.807) is 12.1 Å². The van der Waals surface area contributed by atoms with Gasteiger partial charge < -0.3 is 9.80 Å². The van der Waals surface area contributed by atoms with Crippen LogP contribution < -0.4 is 0 Å². The highest BCUT2D eigenvalue weighted by Crippen LogP contribution is 2.61. The van der Waals surface area contributed by atoms with Gasteiger partial charge in [0.25, 0.3) is 0 Å². The number of carbonyl (C=O) groups excluding carboxylic acids is 2. The Kier molecular flexibility index (Phi) is 5.32. The van der Waals surface area contributed by atoms with Crippen LogP contribution >= 0.6 is 0 Å². The molecule has 0 radical (unpaired) electrons. The standard InChI is InChI=1S/C25H33FN2O2/c26-22-4-2-18(3-5-22)13-23(29)27-6-1-7-28(9-8-27)24(30)17-25-14-19-10-20(15-25)12-21(11-19)16-25/h2-5,19-21H,1,6-17H2. The van der Waals surface area contributed by atoms with Crippen molar-refractivity contribution < 1.29 is 14.0 Å². The van der Waals surface area contributed by atoms with E-state index in [-0.39, 0.29) is 17.1 Å². The summed E-state index contributed by atoms with van der Waals surface area (Å²) in [6, 6.07) is 6.14. The summed E-state index contributed by atoms with van der Waals surface area (Å²) in [4.78, 5) is 29.8. The number of benzene rings is 1. The monoisotopic (exact) mass is 412 g/mol. The summed E-state index contributed by atoms with van der Waals surface area (Å²) in [5.41, 5.74) is 1.11. The van der Waals surface area contributed by atoms with Crippen LogP contribution in [-0.4, -0.2) is 47.8 Å². The van der Waals surface area contributed by atoms with Gasteiger partial charge in [-0.3, -0.25) is 9.59 Å². The summed E-state index contributed by atoms with van der Waals surface area (Å²) in [6.07, 6.45) is 9.86. The molecule has 0 unspecified atom stereocenters. The first-order valence-electron chi connectivity index (χ1n) is 11.8. The smallest absolute Gasteiger partial charge is 0.227 e. The summed E-state index contributed by atoms with van der Waals surface area (Å²) in [7, 11) is 0. The van der Waals surface area contributed by atoms with Gasteiger partial charge in [-0.05, 0) is 85.8 Å². The van der Waals surface area contributed by atoms with E-state index in [1.165, 1.54) is 50.7 Å². The third-order valence-corrected chi connectivity index (χ3v) is 8.16. The molecule has 1 heterocycles. The molecule has 5 heteroatoms. The number of hydrogen-bond acceptors (Lipinski definition) is 2. The fraction of sp³-hybridized carbons (Fsp3) is 0.680. The Hall–Kier alpha value is -1.91. The molecule has 0 N–H and O–H groups in total. The highest BCUT2D eigenvalue weighted by Gasteiger charge is 2.51. The first-order valence-corrected chi connectivity index (χ1v) is 11.8. The minimum Gasteiger partial charge on any atom is -0.341 e. The topological polar surface area (TPSA) is 40.6 Å². The van der Waals surface area contributed by atoms with Gasteiger partial charge >= 0.3 is 0 Å². The molecule has 5 fully saturated rings. The first kappa shape index (κ1) is 20.0. The number of rotatable bonds is 4. The van der Waals surface area contributed by atoms with Crippen molar-refractivity contribution >= 4 is 11.8 Å². The van der Waals surface area contributed by atoms with E-state index in [1.807, 2.05) is 9.80 Å². The summed E-state index contributed by atoms with van der Waals surface area (Å²) in [5, 5.41) is 0. The van der Waals surface area contributed by atoms with Crippen LogP contribution in [0.4, 0.5) is 4.39 Å². The largest absolute Gasteiger partial charge is 0.341 e. The molecule has 5 aliphatic rings. The molecule has 0 atom stereocenters. The van der Waals surface area contributed by atoms with Crippen molar-refractivity contribution in [2.45, 2.75) is 57.8 Å². The lowest BCUT2D eigenvalue weighted by Gasteiger charge is -2.57. The number of amides is 2. The SMILES string of the molecule is O=C(Cc1ccc(F)cc1)N1CCCN(C(=O)CC23CC4CC(CC(C4)C2)C3)CC1. The lowest BCUT2D eigenvalue weighted by atomic mass is 9.49. The van der Waals surface area contributed by atoms with E-state index in [0.29, 0.717) is 32.0 Å². The van der Waals surface area contributed by atoms with Crippen LogP contribution in [0.5, 0.6) is 0 Å². The fourth-order valence-electron chi connectivity index (χ4n) is 7.24. The number of nitrogens with zero attached hydrogens (tertiary/aromatic N) is 2. The van der Waals surface area contributed by atoms with Crippen LogP contribution in [0.3, 0.4) is 0 Å². The molecule has 1 aliphatic heterocycles. The van der Waals surface area contributed by atoms with Gasteiger partial charge in [-0.25, -0.2) is 4.39 Å². The molecule has 2 amide bonds. The molecule has 1 aromatic rings. The number of hydrogen-bond donors (Lipinski definition) is 0. The molecular formula is C25H33FN2O2. The van der Waals surface area contributed by atoms with Crippen molar-refractivity contribution in [1.82, 2.24) is 9.80 Å². The van der Waals surface area contributed by atoms with Gasteiger partial charge in [0.05, 0.1) is 6.42 Å². The van der Waals surface area contributed by atoms with Crippen LogP contribution in [-0.2, 0) is 16.0 Å². The summed E-state index contributed by atoms with van der Waals surface area (Å²) < 4.78 is 13.1. The van der Waals surface area contributed by atoms with Crippen molar-refractivity contribution in [1.29, 1.82) is 0 Å². The van der Waals surface area contributed by atoms with E-state index in [0.717, 1.165) is 42.7 Å². The zero-order chi connectivity index (χ0) is 20.7. The zero-order valence-electron chi connectivity index (χ0n) is 17.8. The Morgan fingerprint density at radius 3 is 1.93 bits per heavy atom. The van der Waals surface area contributed by atoms with E-state index in [9.17, 15) is 14.0 Å². The Morgan fingerprint density at radius 1 is 0.833 bits per heavy atom. The van der Waals surface area contributed by atoms with Gasteiger partial charge in [0, 0.05) is 32.6 Å². The second-order valence-electron chi connectivity index (χ2n) is 10.5. The zero-order valence-corrected chi connectivity index (χ0v) is 17.8. The van der Waals surface area contributed by atoms with E-state index >= 15 is 0 Å². The second kappa shape index (κ2) is 7.97. The first-order chi connectivity index (χ1) is 14.5. The summed E-state index contributed by atoms with van der Waals surface area (Å²) in [6.45, 7) is 2.69. The minimum absolute atomic E-state index is 0.0667. The third kappa shape index (κ3) is 4.13. The molecule has 0 spiro atoms. The van der Waals surface area contributed by atoms with Crippen LogP contribution in [0.25, 0.3) is 0 Å². The molecule has 4 nitrogen and oxygen atoms in total. The minimum atomic E-state index is -0.283. The van der Waals surface area contributed by atoms with Gasteiger partial charge in [0.1, 0.15) is 5.82 Å². The Bertz CT molecular complexity index is 771. The van der Waals surface area contributed by atoms with Crippen LogP contribution in [0, 0.1) is 29.0 Å². The van der Waals surface area contributed by atoms with E-state index in [2.05, 4.69) is 0 Å². The average Bonchev–Trinajstić information content (AvgIpc) is 2.95. The molecule has 4 bridgehead atoms.